The fraction of sp³-hybridized carbons (Fsp3) is 0.208. The number of hydrogen-bond donors (Lipinski definition) is 1. The Morgan fingerprint density at radius 2 is 1.64 bits per heavy atom. The average Bonchev–Trinajstić information content (AvgIpc) is 2.68. The van der Waals surface area contributed by atoms with Crippen LogP contribution in [0, 0.1) is 5.82 Å². The first-order valence-corrected chi connectivity index (χ1v) is 9.39. The summed E-state index contributed by atoms with van der Waals surface area (Å²) in [5.74, 6) is -0.318. The Morgan fingerprint density at radius 1 is 0.964 bits per heavy atom. The molecule has 28 heavy (non-hydrogen) atoms. The number of likely N-dealkylation sites (N-methyl/N-ethyl adjacent to an activating group) is 1. The van der Waals surface area contributed by atoms with Gasteiger partial charge in [0.1, 0.15) is 5.82 Å². The van der Waals surface area contributed by atoms with E-state index >= 15 is 0 Å². The van der Waals surface area contributed by atoms with Crippen LogP contribution in [0.1, 0.15) is 24.1 Å². The third-order valence-corrected chi connectivity index (χ3v) is 4.65. The number of carbonyl (C=O) groups is 1. The predicted molar refractivity (Wildman–Crippen MR) is 111 cm³/mol. The Labute approximate surface area is 165 Å². The van der Waals surface area contributed by atoms with Crippen LogP contribution in [0.4, 0.5) is 4.39 Å². The highest BCUT2D eigenvalue weighted by Gasteiger charge is 2.12. The van der Waals surface area contributed by atoms with Gasteiger partial charge in [0.25, 0.3) is 0 Å². The van der Waals surface area contributed by atoms with Crippen molar-refractivity contribution >= 4 is 5.91 Å². The molecule has 0 radical (unpaired) electrons. The SMILES string of the molecule is C[C@H](NC(=O)CN(C)Cc1cccc(F)c1)c1ccc(-c2ccccc2)cc1. The summed E-state index contributed by atoms with van der Waals surface area (Å²) in [6, 6.07) is 24.8. The summed E-state index contributed by atoms with van der Waals surface area (Å²) in [6.45, 7) is 2.75. The summed E-state index contributed by atoms with van der Waals surface area (Å²) in [6.07, 6.45) is 0. The molecule has 0 aliphatic heterocycles. The predicted octanol–water partition coefficient (Wildman–Crippen LogP) is 4.80. The number of hydrogen-bond acceptors (Lipinski definition) is 2. The molecule has 0 bridgehead atoms. The molecule has 0 unspecified atom stereocenters. The van der Waals surface area contributed by atoms with Crippen LogP contribution in [0.2, 0.25) is 0 Å². The Balaban J connectivity index is 1.53. The highest BCUT2D eigenvalue weighted by molar-refractivity contribution is 5.78. The van der Waals surface area contributed by atoms with E-state index in [1.54, 1.807) is 6.07 Å². The first kappa shape index (κ1) is 19.8. The third kappa shape index (κ3) is 5.51. The largest absolute Gasteiger partial charge is 0.348 e. The number of carbonyl (C=O) groups excluding carboxylic acids is 1. The van der Waals surface area contributed by atoms with Crippen LogP contribution < -0.4 is 5.32 Å². The number of halogens is 1. The van der Waals surface area contributed by atoms with Crippen LogP contribution >= 0.6 is 0 Å². The molecule has 1 amide bonds. The van der Waals surface area contributed by atoms with Crippen LogP contribution in [-0.4, -0.2) is 24.4 Å². The van der Waals surface area contributed by atoms with Gasteiger partial charge in [-0.15, -0.1) is 0 Å². The number of nitrogens with one attached hydrogen (secondary N) is 1. The maximum atomic E-state index is 13.3. The first-order valence-electron chi connectivity index (χ1n) is 9.39. The van der Waals surface area contributed by atoms with Gasteiger partial charge < -0.3 is 5.32 Å². The van der Waals surface area contributed by atoms with E-state index in [9.17, 15) is 9.18 Å². The molecule has 3 rings (SSSR count). The molecule has 0 spiro atoms. The van der Waals surface area contributed by atoms with E-state index in [1.165, 1.54) is 17.7 Å². The van der Waals surface area contributed by atoms with Crippen molar-refractivity contribution in [2.75, 3.05) is 13.6 Å². The molecule has 1 atom stereocenters. The molecule has 0 fully saturated rings. The lowest BCUT2D eigenvalue weighted by molar-refractivity contribution is -0.122. The average molecular weight is 376 g/mol. The van der Waals surface area contributed by atoms with Crippen LogP contribution in [0.3, 0.4) is 0 Å². The standard InChI is InChI=1S/C24H25FN2O/c1-18(20-11-13-22(14-12-20)21-8-4-3-5-9-21)26-24(28)17-27(2)16-19-7-6-10-23(25)15-19/h3-15,18H,16-17H2,1-2H3,(H,26,28)/t18-/m0/s1. The molecule has 0 aliphatic carbocycles. The van der Waals surface area contributed by atoms with Gasteiger partial charge in [-0.25, -0.2) is 4.39 Å². The van der Waals surface area contributed by atoms with Gasteiger partial charge >= 0.3 is 0 Å². The number of benzene rings is 3. The van der Waals surface area contributed by atoms with Crippen molar-refractivity contribution in [1.82, 2.24) is 10.2 Å². The van der Waals surface area contributed by atoms with E-state index in [1.807, 2.05) is 55.3 Å². The quantitative estimate of drug-likeness (QED) is 0.642. The molecule has 3 nitrogen and oxygen atoms in total. The van der Waals surface area contributed by atoms with E-state index in [4.69, 9.17) is 0 Å². The zero-order valence-electron chi connectivity index (χ0n) is 16.2. The number of nitrogens with zero attached hydrogens (tertiary/aromatic N) is 1. The minimum Gasteiger partial charge on any atom is -0.348 e. The summed E-state index contributed by atoms with van der Waals surface area (Å²) in [5, 5.41) is 3.03. The normalized spacial score (nSPS) is 12.0. The fourth-order valence-electron chi connectivity index (χ4n) is 3.21. The second-order valence-electron chi connectivity index (χ2n) is 7.08. The molecule has 0 saturated carbocycles. The van der Waals surface area contributed by atoms with Crippen molar-refractivity contribution in [3.8, 4) is 11.1 Å². The number of amides is 1. The summed E-state index contributed by atoms with van der Waals surface area (Å²) >= 11 is 0. The van der Waals surface area contributed by atoms with E-state index in [0.717, 1.165) is 16.7 Å². The second-order valence-corrected chi connectivity index (χ2v) is 7.08. The second kappa shape index (κ2) is 9.29. The zero-order valence-corrected chi connectivity index (χ0v) is 16.2. The monoisotopic (exact) mass is 376 g/mol. The van der Waals surface area contributed by atoms with Crippen molar-refractivity contribution in [1.29, 1.82) is 0 Å². The topological polar surface area (TPSA) is 32.3 Å². The highest BCUT2D eigenvalue weighted by Crippen LogP contribution is 2.21. The number of rotatable bonds is 7. The minimum atomic E-state index is -0.261. The van der Waals surface area contributed by atoms with E-state index in [-0.39, 0.29) is 24.3 Å². The maximum absolute atomic E-state index is 13.3. The van der Waals surface area contributed by atoms with Gasteiger partial charge in [-0.3, -0.25) is 9.69 Å². The summed E-state index contributed by atoms with van der Waals surface area (Å²) in [5.41, 5.74) is 4.23. The van der Waals surface area contributed by atoms with Gasteiger partial charge in [-0.05, 0) is 48.4 Å². The van der Waals surface area contributed by atoms with Gasteiger partial charge in [0.05, 0.1) is 12.6 Å². The lowest BCUT2D eigenvalue weighted by Crippen LogP contribution is -2.36. The molecular weight excluding hydrogens is 351 g/mol. The highest BCUT2D eigenvalue weighted by atomic mass is 19.1. The molecule has 3 aromatic carbocycles. The van der Waals surface area contributed by atoms with Gasteiger partial charge in [0, 0.05) is 6.54 Å². The van der Waals surface area contributed by atoms with Crippen LogP contribution in [0.5, 0.6) is 0 Å². The van der Waals surface area contributed by atoms with Gasteiger partial charge in [-0.1, -0.05) is 66.7 Å². The Kier molecular flexibility index (Phi) is 6.56. The zero-order chi connectivity index (χ0) is 19.9. The van der Waals surface area contributed by atoms with Gasteiger partial charge in [0.2, 0.25) is 5.91 Å². The Bertz CT molecular complexity index is 909. The summed E-state index contributed by atoms with van der Waals surface area (Å²) in [7, 11) is 1.85. The fourth-order valence-corrected chi connectivity index (χ4v) is 3.21. The Hall–Kier alpha value is -2.98. The van der Waals surface area contributed by atoms with E-state index in [2.05, 4.69) is 29.6 Å². The molecule has 144 valence electrons. The van der Waals surface area contributed by atoms with Crippen LogP contribution in [0.25, 0.3) is 11.1 Å². The molecule has 4 heteroatoms. The van der Waals surface area contributed by atoms with Gasteiger partial charge in [-0.2, -0.15) is 0 Å². The van der Waals surface area contributed by atoms with Crippen molar-refractivity contribution < 1.29 is 9.18 Å². The van der Waals surface area contributed by atoms with E-state index < -0.39 is 0 Å². The lowest BCUT2D eigenvalue weighted by Gasteiger charge is -2.19. The molecule has 0 saturated heterocycles. The van der Waals surface area contributed by atoms with Crippen molar-refractivity contribution in [3.63, 3.8) is 0 Å². The first-order chi connectivity index (χ1) is 13.5. The van der Waals surface area contributed by atoms with E-state index in [0.29, 0.717) is 6.54 Å². The molecule has 0 heterocycles. The van der Waals surface area contributed by atoms with Crippen LogP contribution in [0.15, 0.2) is 78.9 Å². The molecule has 0 aromatic heterocycles. The molecular formula is C24H25FN2O. The van der Waals surface area contributed by atoms with Crippen molar-refractivity contribution in [3.05, 3.63) is 95.8 Å². The summed E-state index contributed by atoms with van der Waals surface area (Å²) < 4.78 is 13.3. The van der Waals surface area contributed by atoms with Crippen molar-refractivity contribution in [2.45, 2.75) is 19.5 Å². The third-order valence-electron chi connectivity index (χ3n) is 4.65. The smallest absolute Gasteiger partial charge is 0.234 e. The summed E-state index contributed by atoms with van der Waals surface area (Å²) in [4.78, 5) is 14.2. The maximum Gasteiger partial charge on any atom is 0.234 e. The van der Waals surface area contributed by atoms with Crippen LogP contribution in [-0.2, 0) is 11.3 Å². The van der Waals surface area contributed by atoms with Crippen molar-refractivity contribution in [2.24, 2.45) is 0 Å². The van der Waals surface area contributed by atoms with Gasteiger partial charge in [0.15, 0.2) is 0 Å². The molecule has 3 aromatic rings. The minimum absolute atomic E-state index is 0.0569. The molecule has 0 aliphatic rings. The molecule has 1 N–H and O–H groups in total. The Morgan fingerprint density at radius 3 is 2.32 bits per heavy atom. The lowest BCUT2D eigenvalue weighted by atomic mass is 10.0.